The van der Waals surface area contributed by atoms with Crippen LogP contribution in [0.1, 0.15) is 70.3 Å². The van der Waals surface area contributed by atoms with E-state index in [0.29, 0.717) is 30.4 Å². The van der Waals surface area contributed by atoms with Crippen LogP contribution < -0.4 is 5.32 Å². The van der Waals surface area contributed by atoms with Crippen LogP contribution in [-0.2, 0) is 9.47 Å². The number of rotatable bonds is 7. The van der Waals surface area contributed by atoms with Gasteiger partial charge in [0, 0.05) is 6.04 Å². The number of aromatic nitrogens is 4. The van der Waals surface area contributed by atoms with Crippen molar-refractivity contribution in [2.24, 2.45) is 0 Å². The van der Waals surface area contributed by atoms with Gasteiger partial charge in [0.15, 0.2) is 20.3 Å². The molecule has 3 heterocycles. The Balaban J connectivity index is 1.39. The van der Waals surface area contributed by atoms with Crippen molar-refractivity contribution in [3.8, 4) is 11.8 Å². The fraction of sp³-hybridized carbons (Fsp3) is 0.682. The Morgan fingerprint density at radius 2 is 2.06 bits per heavy atom. The minimum Gasteiger partial charge on any atom is -0.378 e. The Kier molecular flexibility index (Phi) is 6.54. The van der Waals surface area contributed by atoms with Gasteiger partial charge in [0.25, 0.3) is 0 Å². The van der Waals surface area contributed by atoms with E-state index in [1.807, 2.05) is 0 Å². The van der Waals surface area contributed by atoms with Gasteiger partial charge in [-0.3, -0.25) is 0 Å². The molecule has 0 amide bonds. The average Bonchev–Trinajstić information content (AvgIpc) is 3.23. The summed E-state index contributed by atoms with van der Waals surface area (Å²) in [5, 5.41) is 19.1. The molecule has 178 valence electrons. The molecular weight excluding hydrogens is 445 g/mol. The number of nitrogens with zero attached hydrogens (tertiary/aromatic N) is 4. The minimum absolute atomic E-state index is 0.159. The molecule has 4 N–H and O–H groups in total. The summed E-state index contributed by atoms with van der Waals surface area (Å²) in [6, 6.07) is 0.370. The third-order valence-electron chi connectivity index (χ3n) is 6.49. The Hall–Kier alpha value is -1.86. The molecular formula is C22H30N5O5P. The monoisotopic (exact) mass is 475 g/mol. The SMILES string of the molecule is CC(OCC1CCC(n2ncc3c(NC4CCCC4)nc(C#CC4(O)CC4)nc32)O1)P(O)O. The molecule has 5 rings (SSSR count). The molecule has 3 aliphatic rings. The lowest BCUT2D eigenvalue weighted by atomic mass is 10.2. The van der Waals surface area contributed by atoms with Crippen LogP contribution in [0.15, 0.2) is 6.20 Å². The summed E-state index contributed by atoms with van der Waals surface area (Å²) in [4.78, 5) is 27.8. The van der Waals surface area contributed by atoms with Crippen LogP contribution in [0.2, 0.25) is 0 Å². The highest BCUT2D eigenvalue weighted by Crippen LogP contribution is 2.36. The maximum Gasteiger partial charge on any atom is 0.209 e. The lowest BCUT2D eigenvalue weighted by molar-refractivity contribution is -0.0489. The second-order valence-corrected chi connectivity index (χ2v) is 10.5. The van der Waals surface area contributed by atoms with Crippen LogP contribution in [0.4, 0.5) is 5.82 Å². The number of aliphatic hydroxyl groups is 1. The average molecular weight is 475 g/mol. The highest BCUT2D eigenvalue weighted by atomic mass is 31.2. The number of hydrogen-bond donors (Lipinski definition) is 4. The van der Waals surface area contributed by atoms with Crippen molar-refractivity contribution in [1.29, 1.82) is 0 Å². The van der Waals surface area contributed by atoms with Crippen molar-refractivity contribution in [1.82, 2.24) is 19.7 Å². The predicted octanol–water partition coefficient (Wildman–Crippen LogP) is 2.39. The fourth-order valence-electron chi connectivity index (χ4n) is 4.28. The Morgan fingerprint density at radius 1 is 1.27 bits per heavy atom. The van der Waals surface area contributed by atoms with Crippen LogP contribution >= 0.6 is 8.38 Å². The lowest BCUT2D eigenvalue weighted by Gasteiger charge is -2.18. The first kappa shape index (κ1) is 22.9. The zero-order chi connectivity index (χ0) is 23.0. The first-order chi connectivity index (χ1) is 15.9. The maximum absolute atomic E-state index is 10.1. The summed E-state index contributed by atoms with van der Waals surface area (Å²) < 4.78 is 13.4. The molecule has 2 aromatic heterocycles. The number of anilines is 1. The van der Waals surface area contributed by atoms with Gasteiger partial charge in [0.1, 0.15) is 17.3 Å². The quantitative estimate of drug-likeness (QED) is 0.352. The first-order valence-corrected chi connectivity index (χ1v) is 12.9. The van der Waals surface area contributed by atoms with Crippen LogP contribution in [0.5, 0.6) is 0 Å². The summed E-state index contributed by atoms with van der Waals surface area (Å²) >= 11 is 0. The van der Waals surface area contributed by atoms with Crippen LogP contribution in [0.3, 0.4) is 0 Å². The third kappa shape index (κ3) is 5.29. The van der Waals surface area contributed by atoms with E-state index in [4.69, 9.17) is 9.47 Å². The van der Waals surface area contributed by atoms with Gasteiger partial charge in [-0.15, -0.1) is 0 Å². The highest BCUT2D eigenvalue weighted by molar-refractivity contribution is 7.45. The molecule has 0 radical (unpaired) electrons. The van der Waals surface area contributed by atoms with Gasteiger partial charge in [-0.2, -0.15) is 5.10 Å². The largest absolute Gasteiger partial charge is 0.378 e. The molecule has 11 heteroatoms. The lowest BCUT2D eigenvalue weighted by Crippen LogP contribution is -2.20. The normalized spacial score (nSPS) is 25.4. The highest BCUT2D eigenvalue weighted by Gasteiger charge is 2.38. The molecule has 1 aliphatic heterocycles. The summed E-state index contributed by atoms with van der Waals surface area (Å²) in [5.74, 6) is 6.31. The second-order valence-electron chi connectivity index (χ2n) is 9.17. The summed E-state index contributed by atoms with van der Waals surface area (Å²) in [7, 11) is -2.12. The molecule has 0 bridgehead atoms. The van der Waals surface area contributed by atoms with Gasteiger partial charge in [-0.25, -0.2) is 14.6 Å². The molecule has 2 saturated carbocycles. The predicted molar refractivity (Wildman–Crippen MR) is 122 cm³/mol. The van der Waals surface area contributed by atoms with Crippen molar-refractivity contribution >= 4 is 25.2 Å². The summed E-state index contributed by atoms with van der Waals surface area (Å²) in [6.45, 7) is 1.92. The van der Waals surface area contributed by atoms with Gasteiger partial charge in [-0.1, -0.05) is 18.8 Å². The van der Waals surface area contributed by atoms with Crippen LogP contribution in [0, 0.1) is 11.8 Å². The Labute approximate surface area is 193 Å². The van der Waals surface area contributed by atoms with Gasteiger partial charge in [0.05, 0.1) is 24.3 Å². The van der Waals surface area contributed by atoms with E-state index in [-0.39, 0.29) is 18.9 Å². The molecule has 10 nitrogen and oxygen atoms in total. The van der Waals surface area contributed by atoms with Crippen molar-refractivity contribution in [3.63, 3.8) is 0 Å². The number of hydrogen-bond acceptors (Lipinski definition) is 9. The van der Waals surface area contributed by atoms with E-state index >= 15 is 0 Å². The molecule has 2 aliphatic carbocycles. The topological polar surface area (TPSA) is 135 Å². The van der Waals surface area contributed by atoms with Crippen molar-refractivity contribution in [2.45, 2.75) is 88.1 Å². The molecule has 0 spiro atoms. The van der Waals surface area contributed by atoms with Crippen molar-refractivity contribution in [2.75, 3.05) is 11.9 Å². The minimum atomic E-state index is -2.12. The first-order valence-electron chi connectivity index (χ1n) is 11.6. The molecule has 3 atom stereocenters. The van der Waals surface area contributed by atoms with E-state index in [1.165, 1.54) is 12.8 Å². The Morgan fingerprint density at radius 3 is 2.79 bits per heavy atom. The van der Waals surface area contributed by atoms with Crippen LogP contribution in [-0.4, -0.2) is 64.8 Å². The van der Waals surface area contributed by atoms with E-state index in [2.05, 4.69) is 32.2 Å². The van der Waals surface area contributed by atoms with Crippen molar-refractivity contribution in [3.05, 3.63) is 12.0 Å². The van der Waals surface area contributed by atoms with Gasteiger partial charge >= 0.3 is 0 Å². The standard InChI is InChI=1S/C22H30N5O5P/c1-14(33(29)30)31-13-16-6-7-19(32-16)27-21-17(12-23-27)20(24-15-4-2-3-5-15)25-18(26-21)8-9-22(28)10-11-22/h12,14-16,19,28-30H,2-7,10-11,13H2,1H3,(H,24,25,26). The smallest absolute Gasteiger partial charge is 0.209 e. The number of ether oxygens (including phenoxy) is 2. The van der Waals surface area contributed by atoms with E-state index in [9.17, 15) is 14.9 Å². The van der Waals surface area contributed by atoms with Gasteiger partial charge in [-0.05, 0) is 51.4 Å². The molecule has 0 aromatic carbocycles. The number of fused-ring (bicyclic) bond motifs is 1. The van der Waals surface area contributed by atoms with E-state index in [1.54, 1.807) is 17.8 Å². The zero-order valence-electron chi connectivity index (χ0n) is 18.6. The molecule has 3 fully saturated rings. The molecule has 2 aromatic rings. The number of nitrogens with one attached hydrogen (secondary N) is 1. The second kappa shape index (κ2) is 9.41. The van der Waals surface area contributed by atoms with E-state index in [0.717, 1.165) is 36.9 Å². The molecule has 1 saturated heterocycles. The summed E-state index contributed by atoms with van der Waals surface area (Å²) in [5.41, 5.74) is -0.258. The maximum atomic E-state index is 10.1. The third-order valence-corrected chi connectivity index (χ3v) is 7.29. The Bertz CT molecular complexity index is 1060. The fourth-order valence-corrected chi connectivity index (χ4v) is 4.50. The molecule has 33 heavy (non-hydrogen) atoms. The summed E-state index contributed by atoms with van der Waals surface area (Å²) in [6.07, 6.45) is 8.79. The van der Waals surface area contributed by atoms with Crippen LogP contribution in [0.25, 0.3) is 11.0 Å². The molecule has 3 unspecified atom stereocenters. The van der Waals surface area contributed by atoms with Gasteiger partial charge in [0.2, 0.25) is 5.82 Å². The van der Waals surface area contributed by atoms with Crippen molar-refractivity contribution < 1.29 is 24.4 Å². The zero-order valence-corrected chi connectivity index (χ0v) is 19.5. The van der Waals surface area contributed by atoms with E-state index < -0.39 is 19.8 Å². The van der Waals surface area contributed by atoms with Gasteiger partial charge < -0.3 is 29.7 Å².